The van der Waals surface area contributed by atoms with Crippen LogP contribution in [0.5, 0.6) is 0 Å². The molecule has 0 heterocycles. The van der Waals surface area contributed by atoms with Crippen molar-refractivity contribution in [2.24, 2.45) is 5.73 Å². The molecule has 0 saturated heterocycles. The zero-order chi connectivity index (χ0) is 11.3. The van der Waals surface area contributed by atoms with Crippen LogP contribution >= 0.6 is 0 Å². The lowest BCUT2D eigenvalue weighted by atomic mass is 10.2. The molecule has 2 N–H and O–H groups in total. The van der Waals surface area contributed by atoms with E-state index < -0.39 is 10.8 Å². The SMILES string of the molecule is CCCC(N)CS(=O)c1ccc(C)cc1. The van der Waals surface area contributed by atoms with Gasteiger partial charge in [-0.25, -0.2) is 0 Å². The number of nitrogens with two attached hydrogens (primary N) is 1. The summed E-state index contributed by atoms with van der Waals surface area (Å²) in [7, 11) is -0.948. The van der Waals surface area contributed by atoms with E-state index in [1.54, 1.807) is 0 Å². The predicted octanol–water partition coefficient (Wildman–Crippen LogP) is 2.23. The number of hydrogen-bond donors (Lipinski definition) is 1. The van der Waals surface area contributed by atoms with Crippen molar-refractivity contribution in [2.45, 2.75) is 37.6 Å². The highest BCUT2D eigenvalue weighted by molar-refractivity contribution is 7.85. The molecule has 2 unspecified atom stereocenters. The van der Waals surface area contributed by atoms with Gasteiger partial charge in [0.2, 0.25) is 0 Å². The Kier molecular flexibility index (Phi) is 4.99. The largest absolute Gasteiger partial charge is 0.327 e. The summed E-state index contributed by atoms with van der Waals surface area (Å²) in [6.07, 6.45) is 1.99. The van der Waals surface area contributed by atoms with E-state index in [4.69, 9.17) is 5.73 Å². The first kappa shape index (κ1) is 12.4. The molecule has 0 amide bonds. The number of benzene rings is 1. The standard InChI is InChI=1S/C12H19NOS/c1-3-4-11(13)9-15(14)12-7-5-10(2)6-8-12/h5-8,11H,3-4,9,13H2,1-2H3. The molecule has 1 rings (SSSR count). The molecule has 0 spiro atoms. The van der Waals surface area contributed by atoms with Gasteiger partial charge in [0.1, 0.15) is 0 Å². The first-order valence-electron chi connectivity index (χ1n) is 5.34. The number of aryl methyl sites for hydroxylation is 1. The van der Waals surface area contributed by atoms with Crippen molar-refractivity contribution < 1.29 is 4.21 Å². The van der Waals surface area contributed by atoms with Crippen LogP contribution in [0.25, 0.3) is 0 Å². The van der Waals surface area contributed by atoms with Gasteiger partial charge >= 0.3 is 0 Å². The summed E-state index contributed by atoms with van der Waals surface area (Å²) in [6.45, 7) is 4.12. The minimum absolute atomic E-state index is 0.0529. The fourth-order valence-corrected chi connectivity index (χ4v) is 2.62. The van der Waals surface area contributed by atoms with Gasteiger partial charge in [-0.3, -0.25) is 4.21 Å². The van der Waals surface area contributed by atoms with Crippen molar-refractivity contribution in [3.63, 3.8) is 0 Å². The Balaban J connectivity index is 2.57. The van der Waals surface area contributed by atoms with Crippen LogP contribution in [-0.4, -0.2) is 16.0 Å². The van der Waals surface area contributed by atoms with Crippen molar-refractivity contribution in [3.05, 3.63) is 29.8 Å². The van der Waals surface area contributed by atoms with Gasteiger partial charge in [0.25, 0.3) is 0 Å². The molecular formula is C12H19NOS. The van der Waals surface area contributed by atoms with E-state index in [0.29, 0.717) is 5.75 Å². The number of hydrogen-bond acceptors (Lipinski definition) is 2. The highest BCUT2D eigenvalue weighted by Gasteiger charge is 2.08. The average Bonchev–Trinajstić information content (AvgIpc) is 2.18. The molecule has 84 valence electrons. The maximum atomic E-state index is 11.9. The Hall–Kier alpha value is -0.670. The van der Waals surface area contributed by atoms with E-state index in [9.17, 15) is 4.21 Å². The summed E-state index contributed by atoms with van der Waals surface area (Å²) in [5, 5.41) is 0. The average molecular weight is 225 g/mol. The Morgan fingerprint density at radius 2 is 1.93 bits per heavy atom. The molecule has 0 aliphatic rings. The fraction of sp³-hybridized carbons (Fsp3) is 0.500. The predicted molar refractivity (Wildman–Crippen MR) is 65.3 cm³/mol. The Labute approximate surface area is 94.3 Å². The number of rotatable bonds is 5. The molecule has 0 saturated carbocycles. The first-order valence-corrected chi connectivity index (χ1v) is 6.66. The zero-order valence-electron chi connectivity index (χ0n) is 9.40. The summed E-state index contributed by atoms with van der Waals surface area (Å²) in [5.41, 5.74) is 7.05. The highest BCUT2D eigenvalue weighted by atomic mass is 32.2. The van der Waals surface area contributed by atoms with E-state index in [1.165, 1.54) is 5.56 Å². The van der Waals surface area contributed by atoms with Gasteiger partial charge in [-0.15, -0.1) is 0 Å². The van der Waals surface area contributed by atoms with Crippen LogP contribution in [0.15, 0.2) is 29.2 Å². The minimum Gasteiger partial charge on any atom is -0.327 e. The van der Waals surface area contributed by atoms with Crippen LogP contribution in [0.3, 0.4) is 0 Å². The molecule has 1 aromatic rings. The van der Waals surface area contributed by atoms with E-state index in [1.807, 2.05) is 31.2 Å². The summed E-state index contributed by atoms with van der Waals surface area (Å²) in [6, 6.07) is 7.86. The molecule has 15 heavy (non-hydrogen) atoms. The van der Waals surface area contributed by atoms with Crippen LogP contribution in [0.2, 0.25) is 0 Å². The molecule has 0 bridgehead atoms. The monoisotopic (exact) mass is 225 g/mol. The van der Waals surface area contributed by atoms with Crippen LogP contribution in [0.4, 0.5) is 0 Å². The third-order valence-electron chi connectivity index (χ3n) is 2.31. The van der Waals surface area contributed by atoms with Crippen molar-refractivity contribution in [3.8, 4) is 0 Å². The molecule has 0 aliphatic heterocycles. The van der Waals surface area contributed by atoms with Crippen molar-refractivity contribution in [1.82, 2.24) is 0 Å². The normalized spacial score (nSPS) is 14.9. The molecule has 1 aromatic carbocycles. The Morgan fingerprint density at radius 1 is 1.33 bits per heavy atom. The van der Waals surface area contributed by atoms with Gasteiger partial charge in [0.15, 0.2) is 0 Å². The second-order valence-electron chi connectivity index (χ2n) is 3.87. The Morgan fingerprint density at radius 3 is 2.47 bits per heavy atom. The van der Waals surface area contributed by atoms with Crippen molar-refractivity contribution >= 4 is 10.8 Å². The lowest BCUT2D eigenvalue weighted by Crippen LogP contribution is -2.26. The molecule has 0 fully saturated rings. The van der Waals surface area contributed by atoms with Crippen LogP contribution in [0.1, 0.15) is 25.3 Å². The lowest BCUT2D eigenvalue weighted by molar-refractivity contribution is 0.638. The molecule has 3 heteroatoms. The summed E-state index contributed by atoms with van der Waals surface area (Å²) >= 11 is 0. The van der Waals surface area contributed by atoms with E-state index in [0.717, 1.165) is 17.7 Å². The summed E-state index contributed by atoms with van der Waals surface area (Å²) in [5.74, 6) is 0.566. The van der Waals surface area contributed by atoms with E-state index in [2.05, 4.69) is 6.92 Å². The molecule has 0 aliphatic carbocycles. The third-order valence-corrected chi connectivity index (χ3v) is 3.84. The molecule has 2 nitrogen and oxygen atoms in total. The lowest BCUT2D eigenvalue weighted by Gasteiger charge is -2.09. The van der Waals surface area contributed by atoms with Gasteiger partial charge < -0.3 is 5.73 Å². The second-order valence-corrected chi connectivity index (χ2v) is 5.37. The quantitative estimate of drug-likeness (QED) is 0.835. The Bertz CT molecular complexity index is 321. The highest BCUT2D eigenvalue weighted by Crippen LogP contribution is 2.10. The van der Waals surface area contributed by atoms with Gasteiger partial charge in [-0.05, 0) is 25.5 Å². The van der Waals surface area contributed by atoms with Crippen molar-refractivity contribution in [2.75, 3.05) is 5.75 Å². The topological polar surface area (TPSA) is 43.1 Å². The molecular weight excluding hydrogens is 206 g/mol. The smallest absolute Gasteiger partial charge is 0.0545 e. The van der Waals surface area contributed by atoms with Gasteiger partial charge in [-0.2, -0.15) is 0 Å². The van der Waals surface area contributed by atoms with Crippen LogP contribution < -0.4 is 5.73 Å². The maximum absolute atomic E-state index is 11.9. The van der Waals surface area contributed by atoms with E-state index >= 15 is 0 Å². The van der Waals surface area contributed by atoms with Gasteiger partial charge in [-0.1, -0.05) is 31.0 Å². The summed E-state index contributed by atoms with van der Waals surface area (Å²) < 4.78 is 11.9. The van der Waals surface area contributed by atoms with Gasteiger partial charge in [0, 0.05) is 16.7 Å². The van der Waals surface area contributed by atoms with Gasteiger partial charge in [0.05, 0.1) is 10.8 Å². The van der Waals surface area contributed by atoms with Crippen molar-refractivity contribution in [1.29, 1.82) is 0 Å². The minimum atomic E-state index is -0.948. The molecule has 0 aromatic heterocycles. The first-order chi connectivity index (χ1) is 7.13. The zero-order valence-corrected chi connectivity index (χ0v) is 10.2. The fourth-order valence-electron chi connectivity index (χ4n) is 1.43. The third kappa shape index (κ3) is 4.14. The molecule has 0 radical (unpaired) electrons. The summed E-state index contributed by atoms with van der Waals surface area (Å²) in [4.78, 5) is 0.882. The molecule has 2 atom stereocenters. The second kappa shape index (κ2) is 6.03. The van der Waals surface area contributed by atoms with E-state index in [-0.39, 0.29) is 6.04 Å². The van der Waals surface area contributed by atoms with Crippen LogP contribution in [0, 0.1) is 6.92 Å². The maximum Gasteiger partial charge on any atom is 0.0545 e. The van der Waals surface area contributed by atoms with Crippen LogP contribution in [-0.2, 0) is 10.8 Å².